The molecule has 1 aliphatic rings. The predicted octanol–water partition coefficient (Wildman–Crippen LogP) is 3.76. The first-order valence-corrected chi connectivity index (χ1v) is 7.34. The van der Waals surface area contributed by atoms with Crippen LogP contribution >= 0.6 is 0 Å². The smallest absolute Gasteiger partial charge is 0.370 e. The molecule has 1 atom stereocenters. The van der Waals surface area contributed by atoms with Crippen LogP contribution in [0.2, 0.25) is 0 Å². The molecule has 0 amide bonds. The summed E-state index contributed by atoms with van der Waals surface area (Å²) in [5.74, 6) is 1.26. The normalized spacial score (nSPS) is 26.4. The van der Waals surface area contributed by atoms with Crippen molar-refractivity contribution in [1.82, 2.24) is 5.32 Å². The molecule has 0 spiro atoms. The SMILES string of the molecule is CCNC(COCC(F)(F)F)C1CCC(CC)CC1. The Bertz CT molecular complexity index is 237. The molecule has 0 aromatic rings. The molecule has 0 aromatic carbocycles. The Morgan fingerprint density at radius 2 is 1.79 bits per heavy atom. The number of hydrogen-bond donors (Lipinski definition) is 1. The Hall–Kier alpha value is -0.290. The topological polar surface area (TPSA) is 21.3 Å². The highest BCUT2D eigenvalue weighted by Crippen LogP contribution is 2.32. The molecule has 0 heterocycles. The molecule has 1 unspecified atom stereocenters. The monoisotopic (exact) mass is 281 g/mol. The quantitative estimate of drug-likeness (QED) is 0.767. The van der Waals surface area contributed by atoms with E-state index < -0.39 is 12.8 Å². The highest BCUT2D eigenvalue weighted by molar-refractivity contribution is 4.81. The van der Waals surface area contributed by atoms with Crippen molar-refractivity contribution in [2.75, 3.05) is 19.8 Å². The van der Waals surface area contributed by atoms with E-state index in [1.807, 2.05) is 6.92 Å². The minimum absolute atomic E-state index is 0.0603. The molecular weight excluding hydrogens is 255 g/mol. The maximum atomic E-state index is 12.1. The van der Waals surface area contributed by atoms with Gasteiger partial charge in [0.25, 0.3) is 0 Å². The molecule has 1 aliphatic carbocycles. The third kappa shape index (κ3) is 6.61. The van der Waals surface area contributed by atoms with Gasteiger partial charge in [0.1, 0.15) is 6.61 Å². The van der Waals surface area contributed by atoms with E-state index in [-0.39, 0.29) is 12.6 Å². The summed E-state index contributed by atoms with van der Waals surface area (Å²) in [5.41, 5.74) is 0. The molecule has 1 saturated carbocycles. The fourth-order valence-electron chi connectivity index (χ4n) is 2.92. The number of nitrogens with one attached hydrogen (secondary N) is 1. The van der Waals surface area contributed by atoms with Gasteiger partial charge in [-0.2, -0.15) is 13.2 Å². The number of alkyl halides is 3. The van der Waals surface area contributed by atoms with Crippen molar-refractivity contribution < 1.29 is 17.9 Å². The summed E-state index contributed by atoms with van der Waals surface area (Å²) in [6.07, 6.45) is 1.58. The van der Waals surface area contributed by atoms with Crippen LogP contribution in [-0.2, 0) is 4.74 Å². The van der Waals surface area contributed by atoms with E-state index >= 15 is 0 Å². The van der Waals surface area contributed by atoms with Crippen LogP contribution in [0.1, 0.15) is 46.0 Å². The van der Waals surface area contributed by atoms with Gasteiger partial charge in [-0.1, -0.05) is 33.1 Å². The Kier molecular flexibility index (Phi) is 7.15. The van der Waals surface area contributed by atoms with Gasteiger partial charge in [-0.25, -0.2) is 0 Å². The van der Waals surface area contributed by atoms with Gasteiger partial charge in [0.15, 0.2) is 0 Å². The highest BCUT2D eigenvalue weighted by atomic mass is 19.4. The molecule has 0 saturated heterocycles. The van der Waals surface area contributed by atoms with Crippen LogP contribution in [-0.4, -0.2) is 32.0 Å². The minimum atomic E-state index is -4.23. The molecule has 114 valence electrons. The van der Waals surface area contributed by atoms with Crippen molar-refractivity contribution in [2.24, 2.45) is 11.8 Å². The average Bonchev–Trinajstić information content (AvgIpc) is 2.36. The van der Waals surface area contributed by atoms with E-state index in [9.17, 15) is 13.2 Å². The molecule has 5 heteroatoms. The van der Waals surface area contributed by atoms with Gasteiger partial charge in [0, 0.05) is 6.04 Å². The second-order valence-electron chi connectivity index (χ2n) is 5.48. The predicted molar refractivity (Wildman–Crippen MR) is 70.1 cm³/mol. The molecular formula is C14H26F3NO. The van der Waals surface area contributed by atoms with Crippen molar-refractivity contribution in [1.29, 1.82) is 0 Å². The van der Waals surface area contributed by atoms with Gasteiger partial charge in [0.2, 0.25) is 0 Å². The van der Waals surface area contributed by atoms with E-state index in [4.69, 9.17) is 4.74 Å². The van der Waals surface area contributed by atoms with Crippen molar-refractivity contribution in [3.8, 4) is 0 Å². The third-order valence-corrected chi connectivity index (χ3v) is 4.07. The Balaban J connectivity index is 2.35. The summed E-state index contributed by atoms with van der Waals surface area (Å²) in [7, 11) is 0. The highest BCUT2D eigenvalue weighted by Gasteiger charge is 2.30. The van der Waals surface area contributed by atoms with E-state index in [1.54, 1.807) is 0 Å². The second-order valence-corrected chi connectivity index (χ2v) is 5.48. The number of halogens is 3. The molecule has 0 radical (unpaired) electrons. The van der Waals surface area contributed by atoms with Gasteiger partial charge < -0.3 is 10.1 Å². The van der Waals surface area contributed by atoms with Crippen LogP contribution in [0.3, 0.4) is 0 Å². The standard InChI is InChI=1S/C14H26F3NO/c1-3-11-5-7-12(8-6-11)13(18-4-2)9-19-10-14(15,16)17/h11-13,18H,3-10H2,1-2H3. The van der Waals surface area contributed by atoms with Crippen molar-refractivity contribution >= 4 is 0 Å². The molecule has 0 aromatic heterocycles. The number of rotatable bonds is 7. The fraction of sp³-hybridized carbons (Fsp3) is 1.00. The Morgan fingerprint density at radius 1 is 1.16 bits per heavy atom. The van der Waals surface area contributed by atoms with Crippen molar-refractivity contribution in [3.63, 3.8) is 0 Å². The van der Waals surface area contributed by atoms with Crippen LogP contribution in [0.5, 0.6) is 0 Å². The number of ether oxygens (including phenoxy) is 1. The number of likely N-dealkylation sites (N-methyl/N-ethyl adjacent to an activating group) is 1. The summed E-state index contributed by atoms with van der Waals surface area (Å²) in [4.78, 5) is 0. The summed E-state index contributed by atoms with van der Waals surface area (Å²) in [6.45, 7) is 3.98. The molecule has 1 N–H and O–H groups in total. The molecule has 0 bridgehead atoms. The zero-order valence-electron chi connectivity index (χ0n) is 11.9. The van der Waals surface area contributed by atoms with Crippen LogP contribution in [0, 0.1) is 11.8 Å². The van der Waals surface area contributed by atoms with Gasteiger partial charge in [-0.05, 0) is 31.2 Å². The summed E-state index contributed by atoms with van der Waals surface area (Å²) in [5, 5.41) is 3.28. The minimum Gasteiger partial charge on any atom is -0.370 e. The van der Waals surface area contributed by atoms with Crippen LogP contribution in [0.25, 0.3) is 0 Å². The molecule has 19 heavy (non-hydrogen) atoms. The Morgan fingerprint density at radius 3 is 2.26 bits per heavy atom. The van der Waals surface area contributed by atoms with Crippen LogP contribution < -0.4 is 5.32 Å². The third-order valence-electron chi connectivity index (χ3n) is 4.07. The second kappa shape index (κ2) is 8.10. The molecule has 0 aliphatic heterocycles. The van der Waals surface area contributed by atoms with Crippen LogP contribution in [0.4, 0.5) is 13.2 Å². The lowest BCUT2D eigenvalue weighted by Gasteiger charge is -2.34. The van der Waals surface area contributed by atoms with E-state index in [0.29, 0.717) is 5.92 Å². The van der Waals surface area contributed by atoms with Crippen molar-refractivity contribution in [3.05, 3.63) is 0 Å². The van der Waals surface area contributed by atoms with Gasteiger partial charge >= 0.3 is 6.18 Å². The molecule has 1 fully saturated rings. The largest absolute Gasteiger partial charge is 0.411 e. The lowest BCUT2D eigenvalue weighted by molar-refractivity contribution is -0.176. The van der Waals surface area contributed by atoms with Gasteiger partial charge in [0.05, 0.1) is 6.61 Å². The van der Waals surface area contributed by atoms with E-state index in [0.717, 1.165) is 25.3 Å². The lowest BCUT2D eigenvalue weighted by Crippen LogP contribution is -2.42. The summed E-state index contributed by atoms with van der Waals surface area (Å²) >= 11 is 0. The lowest BCUT2D eigenvalue weighted by atomic mass is 9.78. The maximum Gasteiger partial charge on any atom is 0.411 e. The summed E-state index contributed by atoms with van der Waals surface area (Å²) in [6, 6.07) is 0.0603. The zero-order chi connectivity index (χ0) is 14.3. The van der Waals surface area contributed by atoms with Gasteiger partial charge in [-0.3, -0.25) is 0 Å². The fourth-order valence-corrected chi connectivity index (χ4v) is 2.92. The molecule has 1 rings (SSSR count). The maximum absolute atomic E-state index is 12.1. The average molecular weight is 281 g/mol. The first-order chi connectivity index (χ1) is 8.96. The zero-order valence-corrected chi connectivity index (χ0v) is 11.9. The molecule has 2 nitrogen and oxygen atoms in total. The van der Waals surface area contributed by atoms with E-state index in [2.05, 4.69) is 12.2 Å². The number of hydrogen-bond acceptors (Lipinski definition) is 2. The van der Waals surface area contributed by atoms with Gasteiger partial charge in [-0.15, -0.1) is 0 Å². The van der Waals surface area contributed by atoms with E-state index in [1.165, 1.54) is 19.3 Å². The van der Waals surface area contributed by atoms with Crippen molar-refractivity contribution in [2.45, 2.75) is 58.2 Å². The Labute approximate surface area is 114 Å². The summed E-state index contributed by atoms with van der Waals surface area (Å²) < 4.78 is 41.1. The first-order valence-electron chi connectivity index (χ1n) is 7.34. The first kappa shape index (κ1) is 16.8. The van der Waals surface area contributed by atoms with Crippen LogP contribution in [0.15, 0.2) is 0 Å².